The normalized spacial score (nSPS) is 18.2. The number of amides is 1. The Morgan fingerprint density at radius 1 is 1.17 bits per heavy atom. The van der Waals surface area contributed by atoms with Crippen LogP contribution in [0.25, 0.3) is 10.9 Å². The average molecular weight is 412 g/mol. The first-order valence-electron chi connectivity index (χ1n) is 9.81. The molecule has 30 heavy (non-hydrogen) atoms. The molecule has 0 saturated carbocycles. The molecule has 2 aromatic carbocycles. The highest BCUT2D eigenvalue weighted by molar-refractivity contribution is 5.89. The fourth-order valence-electron chi connectivity index (χ4n) is 4.40. The van der Waals surface area contributed by atoms with Gasteiger partial charge in [-0.2, -0.15) is 0 Å². The minimum atomic E-state index is -0.910. The predicted molar refractivity (Wildman–Crippen MR) is 108 cm³/mol. The first kappa shape index (κ1) is 20.1. The highest BCUT2D eigenvalue weighted by atomic mass is 19.1. The Labute approximate surface area is 172 Å². The van der Waals surface area contributed by atoms with Gasteiger partial charge in [-0.3, -0.25) is 9.59 Å². The third-order valence-electron chi connectivity index (χ3n) is 5.89. The van der Waals surface area contributed by atoms with Gasteiger partial charge in [0.05, 0.1) is 5.41 Å². The lowest BCUT2D eigenvalue weighted by atomic mass is 9.73. The minimum absolute atomic E-state index is 0.0384. The maximum absolute atomic E-state index is 13.4. The Morgan fingerprint density at radius 3 is 2.57 bits per heavy atom. The molecule has 1 heterocycles. The Bertz CT molecular complexity index is 1130. The number of fused-ring (bicyclic) bond motifs is 3. The van der Waals surface area contributed by atoms with Crippen molar-refractivity contribution in [1.82, 2.24) is 9.88 Å². The van der Waals surface area contributed by atoms with E-state index in [0.717, 1.165) is 28.2 Å². The maximum Gasteiger partial charge on any atom is 0.323 e. The number of aromatic nitrogens is 1. The first-order chi connectivity index (χ1) is 14.3. The number of hydrogen-bond acceptors (Lipinski definition) is 2. The third kappa shape index (κ3) is 3.67. The van der Waals surface area contributed by atoms with E-state index in [4.69, 9.17) is 0 Å². The molecule has 0 radical (unpaired) electrons. The van der Waals surface area contributed by atoms with Gasteiger partial charge in [-0.15, -0.1) is 0 Å². The van der Waals surface area contributed by atoms with Crippen molar-refractivity contribution in [3.63, 3.8) is 0 Å². The number of carboxylic acid groups (broad SMARTS) is 1. The van der Waals surface area contributed by atoms with Crippen LogP contribution in [0.15, 0.2) is 42.5 Å². The zero-order valence-electron chi connectivity index (χ0n) is 16.5. The molecule has 1 aliphatic rings. The average Bonchev–Trinajstić information content (AvgIpc) is 2.98. The molecule has 0 saturated heterocycles. The summed E-state index contributed by atoms with van der Waals surface area (Å²) in [6.45, 7) is 1.79. The summed E-state index contributed by atoms with van der Waals surface area (Å²) in [4.78, 5) is 24.4. The van der Waals surface area contributed by atoms with Gasteiger partial charge >= 0.3 is 5.97 Å². The lowest BCUT2D eigenvalue weighted by Gasteiger charge is -2.33. The van der Waals surface area contributed by atoms with Crippen molar-refractivity contribution in [3.8, 4) is 0 Å². The van der Waals surface area contributed by atoms with Crippen molar-refractivity contribution in [2.45, 2.75) is 39.3 Å². The van der Waals surface area contributed by atoms with Crippen LogP contribution >= 0.6 is 0 Å². The number of carboxylic acids is 1. The summed E-state index contributed by atoms with van der Waals surface area (Å²) >= 11 is 0. The number of para-hydroxylation sites is 1. The fourth-order valence-corrected chi connectivity index (χ4v) is 4.40. The number of rotatable bonds is 5. The topological polar surface area (TPSA) is 71.3 Å². The summed E-state index contributed by atoms with van der Waals surface area (Å²) < 4.78 is 28.6. The van der Waals surface area contributed by atoms with Crippen LogP contribution in [0.3, 0.4) is 0 Å². The second-order valence-electron chi connectivity index (χ2n) is 8.12. The zero-order valence-corrected chi connectivity index (χ0v) is 16.5. The molecule has 1 aliphatic carbocycles. The molecule has 1 amide bonds. The van der Waals surface area contributed by atoms with Crippen LogP contribution in [0, 0.1) is 17.0 Å². The molecular weight excluding hydrogens is 390 g/mol. The fraction of sp³-hybridized carbons (Fsp3) is 0.304. The van der Waals surface area contributed by atoms with Gasteiger partial charge in [0.25, 0.3) is 0 Å². The number of carbonyl (C=O) groups is 2. The summed E-state index contributed by atoms with van der Waals surface area (Å²) in [5.74, 6) is -2.46. The molecule has 5 nitrogen and oxygen atoms in total. The molecule has 7 heteroatoms. The molecule has 1 aromatic heterocycles. The van der Waals surface area contributed by atoms with E-state index in [0.29, 0.717) is 24.8 Å². The molecule has 156 valence electrons. The SMILES string of the molecule is CC1(C(=O)NCc2cc(F)cc(F)c2)CCc2c(c3ccccc3n2CC(=O)O)C1. The second-order valence-corrected chi connectivity index (χ2v) is 8.12. The molecule has 4 rings (SSSR count). The van der Waals surface area contributed by atoms with Gasteiger partial charge in [-0.05, 0) is 48.6 Å². The van der Waals surface area contributed by atoms with E-state index in [9.17, 15) is 23.5 Å². The van der Waals surface area contributed by atoms with Crippen LogP contribution in [-0.2, 0) is 35.5 Å². The van der Waals surface area contributed by atoms with Crippen LogP contribution in [0.5, 0.6) is 0 Å². The Kier molecular flexibility index (Phi) is 5.05. The standard InChI is InChI=1S/C23H22F2N2O3/c1-23(22(30)26-12-14-8-15(24)10-16(25)9-14)7-6-20-18(11-23)17-4-2-3-5-19(17)27(20)13-21(28)29/h2-5,8-10H,6-7,11-13H2,1H3,(H,26,30)(H,28,29). The van der Waals surface area contributed by atoms with E-state index in [2.05, 4.69) is 5.32 Å². The van der Waals surface area contributed by atoms with E-state index < -0.39 is 23.0 Å². The number of halogens is 2. The van der Waals surface area contributed by atoms with Crippen LogP contribution < -0.4 is 5.32 Å². The molecule has 0 bridgehead atoms. The van der Waals surface area contributed by atoms with Gasteiger partial charge in [0, 0.05) is 29.2 Å². The largest absolute Gasteiger partial charge is 0.480 e. The van der Waals surface area contributed by atoms with E-state index >= 15 is 0 Å². The summed E-state index contributed by atoms with van der Waals surface area (Å²) in [5.41, 5.74) is 2.46. The summed E-state index contributed by atoms with van der Waals surface area (Å²) in [6, 6.07) is 10.8. The number of nitrogens with zero attached hydrogens (tertiary/aromatic N) is 1. The monoisotopic (exact) mass is 412 g/mol. The molecule has 3 aromatic rings. The molecule has 0 spiro atoms. The molecule has 0 fully saturated rings. The first-order valence-corrected chi connectivity index (χ1v) is 9.81. The van der Waals surface area contributed by atoms with Crippen molar-refractivity contribution in [3.05, 3.63) is 70.9 Å². The molecule has 1 unspecified atom stereocenters. The lowest BCUT2D eigenvalue weighted by molar-refractivity contribution is -0.137. The van der Waals surface area contributed by atoms with Crippen LogP contribution in [0.2, 0.25) is 0 Å². The second kappa shape index (κ2) is 7.55. The summed E-state index contributed by atoms with van der Waals surface area (Å²) in [7, 11) is 0. The summed E-state index contributed by atoms with van der Waals surface area (Å²) in [5, 5.41) is 13.1. The van der Waals surface area contributed by atoms with Gasteiger partial charge in [-0.25, -0.2) is 8.78 Å². The number of benzene rings is 2. The van der Waals surface area contributed by atoms with E-state index in [1.165, 1.54) is 12.1 Å². The van der Waals surface area contributed by atoms with Crippen LogP contribution in [0.1, 0.15) is 30.2 Å². The van der Waals surface area contributed by atoms with Crippen molar-refractivity contribution in [2.75, 3.05) is 0 Å². The smallest absolute Gasteiger partial charge is 0.323 e. The highest BCUT2D eigenvalue weighted by Gasteiger charge is 2.39. The number of nitrogens with one attached hydrogen (secondary N) is 1. The number of hydrogen-bond donors (Lipinski definition) is 2. The number of carbonyl (C=O) groups excluding carboxylic acids is 1. The molecule has 1 atom stereocenters. The molecular formula is C23H22F2N2O3. The summed E-state index contributed by atoms with van der Waals surface area (Å²) in [6.07, 6.45) is 1.61. The van der Waals surface area contributed by atoms with E-state index in [1.54, 1.807) is 0 Å². The lowest BCUT2D eigenvalue weighted by Crippen LogP contribution is -2.42. The quantitative estimate of drug-likeness (QED) is 0.669. The van der Waals surface area contributed by atoms with Gasteiger partial charge in [0.2, 0.25) is 5.91 Å². The van der Waals surface area contributed by atoms with Crippen molar-refractivity contribution in [2.24, 2.45) is 5.41 Å². The third-order valence-corrected chi connectivity index (χ3v) is 5.89. The highest BCUT2D eigenvalue weighted by Crippen LogP contribution is 2.40. The van der Waals surface area contributed by atoms with Crippen LogP contribution in [-0.4, -0.2) is 21.6 Å². The van der Waals surface area contributed by atoms with Crippen LogP contribution in [0.4, 0.5) is 8.78 Å². The van der Waals surface area contributed by atoms with Gasteiger partial charge < -0.3 is 15.0 Å². The minimum Gasteiger partial charge on any atom is -0.480 e. The van der Waals surface area contributed by atoms with Crippen molar-refractivity contribution < 1.29 is 23.5 Å². The van der Waals surface area contributed by atoms with Crippen molar-refractivity contribution >= 4 is 22.8 Å². The van der Waals surface area contributed by atoms with Gasteiger partial charge in [-0.1, -0.05) is 25.1 Å². The predicted octanol–water partition coefficient (Wildman–Crippen LogP) is 3.82. The van der Waals surface area contributed by atoms with Gasteiger partial charge in [0.15, 0.2) is 0 Å². The van der Waals surface area contributed by atoms with E-state index in [-0.39, 0.29) is 19.0 Å². The Hall–Kier alpha value is -3.22. The van der Waals surface area contributed by atoms with E-state index in [1.807, 2.05) is 35.8 Å². The number of aliphatic carboxylic acids is 1. The van der Waals surface area contributed by atoms with Crippen molar-refractivity contribution in [1.29, 1.82) is 0 Å². The zero-order chi connectivity index (χ0) is 21.5. The molecule has 0 aliphatic heterocycles. The Morgan fingerprint density at radius 2 is 1.87 bits per heavy atom. The van der Waals surface area contributed by atoms with Gasteiger partial charge in [0.1, 0.15) is 18.2 Å². The molecule has 2 N–H and O–H groups in total. The maximum atomic E-state index is 13.4. The Balaban J connectivity index is 1.59.